The molecule has 0 atom stereocenters. The van der Waals surface area contributed by atoms with E-state index in [1.165, 1.54) is 16.6 Å². The fourth-order valence-corrected chi connectivity index (χ4v) is 2.19. The summed E-state index contributed by atoms with van der Waals surface area (Å²) in [6.45, 7) is 1.55. The van der Waals surface area contributed by atoms with E-state index in [1.54, 1.807) is 25.3 Å². The van der Waals surface area contributed by atoms with Gasteiger partial charge in [0, 0.05) is 11.8 Å². The van der Waals surface area contributed by atoms with Crippen LogP contribution < -0.4 is 5.73 Å². The van der Waals surface area contributed by atoms with Crippen LogP contribution in [-0.4, -0.2) is 25.7 Å². The first-order chi connectivity index (χ1) is 9.95. The van der Waals surface area contributed by atoms with Gasteiger partial charge < -0.3 is 10.8 Å². The number of aromatic carboxylic acids is 1. The van der Waals surface area contributed by atoms with Crippen LogP contribution in [0.3, 0.4) is 0 Å². The molecule has 0 radical (unpaired) electrons. The van der Waals surface area contributed by atoms with Crippen LogP contribution in [0, 0.1) is 12.7 Å². The van der Waals surface area contributed by atoms with Gasteiger partial charge in [0.1, 0.15) is 5.82 Å². The molecule has 0 saturated heterocycles. The molecule has 1 aromatic carbocycles. The van der Waals surface area contributed by atoms with Crippen molar-refractivity contribution in [2.75, 3.05) is 5.73 Å². The average Bonchev–Trinajstić information content (AvgIpc) is 2.77. The molecule has 0 unspecified atom stereocenters. The largest absolute Gasteiger partial charge is 0.478 e. The van der Waals surface area contributed by atoms with Gasteiger partial charge in [-0.3, -0.25) is 0 Å². The fraction of sp³-hybridized carbons (Fsp3) is 0.0714. The molecular formula is C14H11FN4O2. The molecule has 6 nitrogen and oxygen atoms in total. The molecule has 0 fully saturated rings. The van der Waals surface area contributed by atoms with E-state index >= 15 is 0 Å². The minimum Gasteiger partial charge on any atom is -0.478 e. The van der Waals surface area contributed by atoms with Crippen molar-refractivity contribution in [2.45, 2.75) is 6.92 Å². The number of aryl methyl sites for hydroxylation is 1. The number of fused-ring (bicyclic) bond motifs is 1. The van der Waals surface area contributed by atoms with Crippen molar-refractivity contribution in [1.82, 2.24) is 14.6 Å². The summed E-state index contributed by atoms with van der Waals surface area (Å²) in [5.41, 5.74) is 7.10. The lowest BCUT2D eigenvalue weighted by atomic mass is 9.99. The first kappa shape index (κ1) is 13.0. The first-order valence-electron chi connectivity index (χ1n) is 6.11. The lowest BCUT2D eigenvalue weighted by Crippen LogP contribution is -2.02. The number of aromatic nitrogens is 3. The van der Waals surface area contributed by atoms with Gasteiger partial charge in [0.15, 0.2) is 5.65 Å². The Kier molecular flexibility index (Phi) is 2.83. The van der Waals surface area contributed by atoms with Gasteiger partial charge >= 0.3 is 5.97 Å². The van der Waals surface area contributed by atoms with Crippen LogP contribution in [0.25, 0.3) is 16.8 Å². The molecule has 3 N–H and O–H groups in total. The normalized spacial score (nSPS) is 11.0. The molecule has 0 spiro atoms. The smallest absolute Gasteiger partial charge is 0.335 e. The molecule has 21 heavy (non-hydrogen) atoms. The second kappa shape index (κ2) is 4.55. The summed E-state index contributed by atoms with van der Waals surface area (Å²) in [5.74, 6) is -1.47. The molecule has 3 aromatic rings. The molecule has 0 bridgehead atoms. The summed E-state index contributed by atoms with van der Waals surface area (Å²) in [6.07, 6.45) is 1.59. The maximum atomic E-state index is 14.1. The van der Waals surface area contributed by atoms with E-state index in [9.17, 15) is 9.18 Å². The third-order valence-electron chi connectivity index (χ3n) is 3.21. The van der Waals surface area contributed by atoms with Gasteiger partial charge in [0.05, 0.1) is 5.56 Å². The van der Waals surface area contributed by atoms with Gasteiger partial charge in [-0.25, -0.2) is 13.7 Å². The van der Waals surface area contributed by atoms with E-state index in [1.807, 2.05) is 0 Å². The van der Waals surface area contributed by atoms with Crippen molar-refractivity contribution >= 4 is 17.6 Å². The molecule has 2 heterocycles. The minimum absolute atomic E-state index is 0.0623. The zero-order valence-corrected chi connectivity index (χ0v) is 11.0. The molecule has 2 aromatic heterocycles. The van der Waals surface area contributed by atoms with Crippen molar-refractivity contribution in [2.24, 2.45) is 0 Å². The molecule has 7 heteroatoms. The lowest BCUT2D eigenvalue weighted by Gasteiger charge is -2.08. The number of carbonyl (C=O) groups is 1. The Bertz CT molecular complexity index is 873. The molecule has 106 valence electrons. The van der Waals surface area contributed by atoms with E-state index in [0.717, 1.165) is 0 Å². The van der Waals surface area contributed by atoms with E-state index in [2.05, 4.69) is 10.1 Å². The molecule has 0 amide bonds. The van der Waals surface area contributed by atoms with Crippen LogP contribution in [0.2, 0.25) is 0 Å². The Labute approximate surface area is 118 Å². The number of rotatable bonds is 2. The molecule has 0 aliphatic carbocycles. The zero-order chi connectivity index (χ0) is 15.1. The van der Waals surface area contributed by atoms with Crippen LogP contribution in [-0.2, 0) is 0 Å². The Balaban J connectivity index is 2.21. The summed E-state index contributed by atoms with van der Waals surface area (Å²) in [7, 11) is 0. The van der Waals surface area contributed by atoms with E-state index < -0.39 is 11.8 Å². The number of hydrogen-bond donors (Lipinski definition) is 2. The maximum Gasteiger partial charge on any atom is 0.335 e. The lowest BCUT2D eigenvalue weighted by molar-refractivity contribution is 0.0696. The number of benzene rings is 1. The molecule has 0 aliphatic rings. The Morgan fingerprint density at radius 1 is 1.38 bits per heavy atom. The van der Waals surface area contributed by atoms with Crippen molar-refractivity contribution in [1.29, 1.82) is 0 Å². The summed E-state index contributed by atoms with van der Waals surface area (Å²) in [4.78, 5) is 15.2. The number of carboxylic acids is 1. The average molecular weight is 286 g/mol. The summed E-state index contributed by atoms with van der Waals surface area (Å²) < 4.78 is 15.6. The maximum absolute atomic E-state index is 14.1. The minimum atomic E-state index is -1.10. The Morgan fingerprint density at radius 2 is 2.14 bits per heavy atom. The predicted molar refractivity (Wildman–Crippen MR) is 74.5 cm³/mol. The quantitative estimate of drug-likeness (QED) is 0.752. The first-order valence-corrected chi connectivity index (χ1v) is 6.11. The van der Waals surface area contributed by atoms with Crippen LogP contribution >= 0.6 is 0 Å². The Morgan fingerprint density at radius 3 is 2.86 bits per heavy atom. The van der Waals surface area contributed by atoms with E-state index in [0.29, 0.717) is 16.8 Å². The van der Waals surface area contributed by atoms with Crippen molar-refractivity contribution in [3.05, 3.63) is 47.4 Å². The van der Waals surface area contributed by atoms with Crippen molar-refractivity contribution in [3.63, 3.8) is 0 Å². The van der Waals surface area contributed by atoms with Crippen molar-refractivity contribution < 1.29 is 14.3 Å². The molecular weight excluding hydrogens is 275 g/mol. The molecule has 3 rings (SSSR count). The van der Waals surface area contributed by atoms with Crippen molar-refractivity contribution in [3.8, 4) is 11.1 Å². The van der Waals surface area contributed by atoms with Crippen LogP contribution in [0.5, 0.6) is 0 Å². The highest BCUT2D eigenvalue weighted by atomic mass is 19.1. The Hall–Kier alpha value is -2.96. The number of nitrogens with zero attached hydrogens (tertiary/aromatic N) is 3. The highest BCUT2D eigenvalue weighted by Gasteiger charge is 2.14. The van der Waals surface area contributed by atoms with E-state index in [4.69, 9.17) is 10.8 Å². The highest BCUT2D eigenvalue weighted by Crippen LogP contribution is 2.27. The van der Waals surface area contributed by atoms with Gasteiger partial charge in [-0.2, -0.15) is 4.98 Å². The highest BCUT2D eigenvalue weighted by molar-refractivity contribution is 5.91. The molecule has 0 aliphatic heterocycles. The van der Waals surface area contributed by atoms with Crippen LogP contribution in [0.4, 0.5) is 10.3 Å². The summed E-state index contributed by atoms with van der Waals surface area (Å²) in [5, 5.41) is 13.1. The molecule has 0 saturated carbocycles. The van der Waals surface area contributed by atoms with Crippen LogP contribution in [0.15, 0.2) is 30.5 Å². The van der Waals surface area contributed by atoms with E-state index in [-0.39, 0.29) is 17.1 Å². The summed E-state index contributed by atoms with van der Waals surface area (Å²) in [6, 6.07) is 5.75. The number of nitrogens with two attached hydrogens (primary N) is 1. The number of hydrogen-bond acceptors (Lipinski definition) is 4. The second-order valence-electron chi connectivity index (χ2n) is 4.64. The number of anilines is 1. The third kappa shape index (κ3) is 2.18. The SMILES string of the molecule is Cc1cc(F)c(-c2ccn3nc(N)nc3c2)cc1C(=O)O. The topological polar surface area (TPSA) is 93.5 Å². The summed E-state index contributed by atoms with van der Waals surface area (Å²) >= 11 is 0. The van der Waals surface area contributed by atoms with Crippen LogP contribution in [0.1, 0.15) is 15.9 Å². The van der Waals surface area contributed by atoms with Gasteiger partial charge in [0.25, 0.3) is 0 Å². The second-order valence-corrected chi connectivity index (χ2v) is 4.64. The van der Waals surface area contributed by atoms with Gasteiger partial charge in [-0.05, 0) is 42.3 Å². The third-order valence-corrected chi connectivity index (χ3v) is 3.21. The monoisotopic (exact) mass is 286 g/mol. The number of halogens is 1. The predicted octanol–water partition coefficient (Wildman–Crippen LogP) is 2.12. The fourth-order valence-electron chi connectivity index (χ4n) is 2.19. The number of nitrogen functional groups attached to an aromatic ring is 1. The zero-order valence-electron chi connectivity index (χ0n) is 11.0. The standard InChI is InChI=1S/C14H11FN4O2/c1-7-4-11(15)10(6-9(7)13(20)21)8-2-3-19-12(5-8)17-14(16)18-19/h2-6H,1H3,(H2,16,18)(H,20,21). The van der Waals surface area contributed by atoms with Gasteiger partial charge in [0.2, 0.25) is 5.95 Å². The number of pyridine rings is 1. The van der Waals surface area contributed by atoms with Gasteiger partial charge in [-0.15, -0.1) is 5.10 Å². The number of carboxylic acid groups (broad SMARTS) is 1. The van der Waals surface area contributed by atoms with Gasteiger partial charge in [-0.1, -0.05) is 0 Å².